The zero-order valence-corrected chi connectivity index (χ0v) is 11.7. The van der Waals surface area contributed by atoms with Crippen molar-refractivity contribution in [3.05, 3.63) is 5.82 Å². The monoisotopic (exact) mass is 239 g/mol. The van der Waals surface area contributed by atoms with Crippen LogP contribution in [0, 0.1) is 5.92 Å². The molecule has 1 rings (SSSR count). The van der Waals surface area contributed by atoms with Crippen molar-refractivity contribution in [2.45, 2.75) is 59.5 Å². The normalized spacial score (nSPS) is 12.4. The van der Waals surface area contributed by atoms with E-state index in [1.165, 1.54) is 0 Å². The summed E-state index contributed by atoms with van der Waals surface area (Å²) in [4.78, 5) is 0. The fraction of sp³-hybridized carbons (Fsp3) is 0.917. The molecule has 0 saturated carbocycles. The molecule has 0 bridgehead atoms. The van der Waals surface area contributed by atoms with Gasteiger partial charge in [0.15, 0.2) is 5.82 Å². The molecule has 0 radical (unpaired) electrons. The fourth-order valence-corrected chi connectivity index (χ4v) is 1.98. The van der Waals surface area contributed by atoms with E-state index in [2.05, 4.69) is 55.5 Å². The largest absolute Gasteiger partial charge is 0.310 e. The smallest absolute Gasteiger partial charge is 0.165 e. The quantitative estimate of drug-likeness (QED) is 0.790. The number of nitrogens with one attached hydrogen (secondary N) is 1. The van der Waals surface area contributed by atoms with Crippen LogP contribution in [0.4, 0.5) is 0 Å². The molecule has 98 valence electrons. The Balaban J connectivity index is 2.65. The van der Waals surface area contributed by atoms with Crippen molar-refractivity contribution in [2.75, 3.05) is 6.54 Å². The Labute approximate surface area is 104 Å². The number of tetrazole rings is 1. The Morgan fingerprint density at radius 2 is 2.06 bits per heavy atom. The summed E-state index contributed by atoms with van der Waals surface area (Å²) in [6.07, 6.45) is 2.21. The predicted molar refractivity (Wildman–Crippen MR) is 68.6 cm³/mol. The van der Waals surface area contributed by atoms with Gasteiger partial charge in [-0.2, -0.15) is 0 Å². The molecule has 1 aromatic heterocycles. The second-order valence-corrected chi connectivity index (χ2v) is 5.59. The van der Waals surface area contributed by atoms with Crippen LogP contribution in [0.5, 0.6) is 0 Å². The van der Waals surface area contributed by atoms with E-state index in [-0.39, 0.29) is 5.54 Å². The van der Waals surface area contributed by atoms with Gasteiger partial charge in [-0.15, -0.1) is 5.10 Å². The predicted octanol–water partition coefficient (Wildman–Crippen LogP) is 1.95. The highest BCUT2D eigenvalue weighted by atomic mass is 15.6. The number of hydrogen-bond donors (Lipinski definition) is 1. The van der Waals surface area contributed by atoms with Crippen molar-refractivity contribution in [1.29, 1.82) is 0 Å². The first kappa shape index (κ1) is 14.1. The first-order valence-electron chi connectivity index (χ1n) is 6.46. The van der Waals surface area contributed by atoms with Crippen molar-refractivity contribution in [3.8, 4) is 0 Å². The molecule has 5 heteroatoms. The Kier molecular flexibility index (Phi) is 5.05. The lowest BCUT2D eigenvalue weighted by atomic mass is 9.99. The highest BCUT2D eigenvalue weighted by Gasteiger charge is 2.23. The third-order valence-corrected chi connectivity index (χ3v) is 2.80. The highest BCUT2D eigenvalue weighted by Crippen LogP contribution is 2.21. The third-order valence-electron chi connectivity index (χ3n) is 2.80. The maximum absolute atomic E-state index is 4.12. The molecule has 0 unspecified atom stereocenters. The summed E-state index contributed by atoms with van der Waals surface area (Å²) >= 11 is 0. The van der Waals surface area contributed by atoms with Crippen LogP contribution in [0.15, 0.2) is 0 Å². The van der Waals surface area contributed by atoms with Gasteiger partial charge < -0.3 is 5.32 Å². The van der Waals surface area contributed by atoms with Crippen molar-refractivity contribution < 1.29 is 0 Å². The van der Waals surface area contributed by atoms with Crippen LogP contribution in [0.25, 0.3) is 0 Å². The van der Waals surface area contributed by atoms with Gasteiger partial charge in [-0.3, -0.25) is 0 Å². The molecular formula is C12H25N5. The Hall–Kier alpha value is -0.970. The third kappa shape index (κ3) is 4.07. The van der Waals surface area contributed by atoms with Crippen LogP contribution in [0.1, 0.15) is 53.3 Å². The average Bonchev–Trinajstić information content (AvgIpc) is 2.66. The van der Waals surface area contributed by atoms with E-state index in [4.69, 9.17) is 0 Å². The van der Waals surface area contributed by atoms with Gasteiger partial charge in [-0.1, -0.05) is 27.2 Å². The number of rotatable bonds is 7. The lowest BCUT2D eigenvalue weighted by molar-refractivity contribution is 0.275. The summed E-state index contributed by atoms with van der Waals surface area (Å²) in [5, 5.41) is 15.4. The second-order valence-electron chi connectivity index (χ2n) is 5.59. The molecule has 1 aromatic rings. The van der Waals surface area contributed by atoms with E-state index in [1.54, 1.807) is 0 Å². The van der Waals surface area contributed by atoms with Crippen molar-refractivity contribution in [3.63, 3.8) is 0 Å². The van der Waals surface area contributed by atoms with E-state index in [0.717, 1.165) is 31.8 Å². The number of hydrogen-bond acceptors (Lipinski definition) is 4. The van der Waals surface area contributed by atoms with E-state index in [0.29, 0.717) is 5.92 Å². The minimum Gasteiger partial charge on any atom is -0.310 e. The van der Waals surface area contributed by atoms with Gasteiger partial charge in [0.2, 0.25) is 0 Å². The molecule has 0 aliphatic heterocycles. The molecule has 0 saturated heterocycles. The van der Waals surface area contributed by atoms with Crippen LogP contribution in [0.3, 0.4) is 0 Å². The standard InChI is InChI=1S/C12H25N5/c1-6-7-12(4,5)17-11(14-15-16-17)9-13-8-10(2)3/h10,13H,6-9H2,1-5H3. The maximum atomic E-state index is 4.12. The molecule has 0 aromatic carbocycles. The minimum atomic E-state index is -0.00685. The Morgan fingerprint density at radius 3 is 2.65 bits per heavy atom. The molecule has 0 fully saturated rings. The fourth-order valence-electron chi connectivity index (χ4n) is 1.98. The summed E-state index contributed by atoms with van der Waals surface area (Å²) in [5.74, 6) is 1.56. The first-order chi connectivity index (χ1) is 7.97. The Bertz CT molecular complexity index is 329. The minimum absolute atomic E-state index is 0.00685. The highest BCUT2D eigenvalue weighted by molar-refractivity contribution is 4.88. The molecule has 0 aliphatic rings. The maximum Gasteiger partial charge on any atom is 0.165 e. The molecule has 5 nitrogen and oxygen atoms in total. The Morgan fingerprint density at radius 1 is 1.35 bits per heavy atom. The lowest BCUT2D eigenvalue weighted by Gasteiger charge is -2.25. The summed E-state index contributed by atoms with van der Waals surface area (Å²) in [7, 11) is 0. The van der Waals surface area contributed by atoms with E-state index in [1.807, 2.05) is 4.68 Å². The second kappa shape index (κ2) is 6.10. The summed E-state index contributed by atoms with van der Waals surface area (Å²) in [6, 6.07) is 0. The van der Waals surface area contributed by atoms with Gasteiger partial charge in [-0.05, 0) is 43.2 Å². The van der Waals surface area contributed by atoms with Gasteiger partial charge in [0.25, 0.3) is 0 Å². The number of nitrogens with zero attached hydrogens (tertiary/aromatic N) is 4. The average molecular weight is 239 g/mol. The molecule has 1 heterocycles. The van der Waals surface area contributed by atoms with Gasteiger partial charge in [0.1, 0.15) is 0 Å². The van der Waals surface area contributed by atoms with Gasteiger partial charge >= 0.3 is 0 Å². The van der Waals surface area contributed by atoms with Crippen LogP contribution in [-0.2, 0) is 12.1 Å². The van der Waals surface area contributed by atoms with Crippen LogP contribution in [-0.4, -0.2) is 26.8 Å². The molecule has 0 atom stereocenters. The summed E-state index contributed by atoms with van der Waals surface area (Å²) < 4.78 is 1.95. The van der Waals surface area contributed by atoms with Crippen LogP contribution < -0.4 is 5.32 Å². The van der Waals surface area contributed by atoms with Crippen LogP contribution >= 0.6 is 0 Å². The molecule has 17 heavy (non-hydrogen) atoms. The van der Waals surface area contributed by atoms with E-state index in [9.17, 15) is 0 Å². The first-order valence-corrected chi connectivity index (χ1v) is 6.46. The zero-order valence-electron chi connectivity index (χ0n) is 11.7. The number of aromatic nitrogens is 4. The summed E-state index contributed by atoms with van der Waals surface area (Å²) in [5.41, 5.74) is -0.00685. The zero-order chi connectivity index (χ0) is 12.9. The van der Waals surface area contributed by atoms with Crippen molar-refractivity contribution in [2.24, 2.45) is 5.92 Å². The summed E-state index contributed by atoms with van der Waals surface area (Å²) in [6.45, 7) is 12.6. The molecular weight excluding hydrogens is 214 g/mol. The molecule has 1 N–H and O–H groups in total. The SMILES string of the molecule is CCCC(C)(C)n1nnnc1CNCC(C)C. The molecule has 0 spiro atoms. The van der Waals surface area contributed by atoms with E-state index < -0.39 is 0 Å². The van der Waals surface area contributed by atoms with Gasteiger partial charge in [0.05, 0.1) is 12.1 Å². The van der Waals surface area contributed by atoms with Crippen molar-refractivity contribution >= 4 is 0 Å². The lowest BCUT2D eigenvalue weighted by Crippen LogP contribution is -2.31. The van der Waals surface area contributed by atoms with Crippen LogP contribution in [0.2, 0.25) is 0 Å². The van der Waals surface area contributed by atoms with Gasteiger partial charge in [0, 0.05) is 0 Å². The van der Waals surface area contributed by atoms with E-state index >= 15 is 0 Å². The van der Waals surface area contributed by atoms with Gasteiger partial charge in [-0.25, -0.2) is 4.68 Å². The van der Waals surface area contributed by atoms with Crippen molar-refractivity contribution in [1.82, 2.24) is 25.5 Å². The molecule has 0 amide bonds. The molecule has 0 aliphatic carbocycles. The topological polar surface area (TPSA) is 55.6 Å².